The lowest BCUT2D eigenvalue weighted by Crippen LogP contribution is -2.40. The van der Waals surface area contributed by atoms with Crippen molar-refractivity contribution in [1.82, 2.24) is 0 Å². The number of rotatable bonds is 3. The van der Waals surface area contributed by atoms with E-state index < -0.39 is 5.41 Å². The van der Waals surface area contributed by atoms with Crippen molar-refractivity contribution < 1.29 is 13.9 Å². The fraction of sp³-hybridized carbons (Fsp3) is 0.562. The zero-order valence-corrected chi connectivity index (χ0v) is 11.6. The van der Waals surface area contributed by atoms with E-state index in [0.29, 0.717) is 12.5 Å². The van der Waals surface area contributed by atoms with Gasteiger partial charge in [0.2, 0.25) is 0 Å². The van der Waals surface area contributed by atoms with Crippen LogP contribution in [0.25, 0.3) is 0 Å². The predicted octanol–water partition coefficient (Wildman–Crippen LogP) is 3.84. The molecule has 1 saturated carbocycles. The normalized spacial score (nSPS) is 27.0. The lowest BCUT2D eigenvalue weighted by Gasteiger charge is -2.37. The lowest BCUT2D eigenvalue weighted by atomic mass is 9.67. The summed E-state index contributed by atoms with van der Waals surface area (Å²) in [6.45, 7) is 4.42. The van der Waals surface area contributed by atoms with E-state index in [4.69, 9.17) is 4.74 Å². The lowest BCUT2D eigenvalue weighted by molar-refractivity contribution is -0.152. The molecule has 0 heterocycles. The number of carbonyl (C=O) groups excluding carboxylic acids is 1. The summed E-state index contributed by atoms with van der Waals surface area (Å²) in [6.07, 6.45) is 3.60. The van der Waals surface area contributed by atoms with E-state index in [-0.39, 0.29) is 11.8 Å². The average Bonchev–Trinajstić information content (AvgIpc) is 2.41. The molecule has 1 aromatic rings. The minimum atomic E-state index is -0.573. The van der Waals surface area contributed by atoms with Crippen molar-refractivity contribution >= 4 is 5.97 Å². The van der Waals surface area contributed by atoms with Crippen LogP contribution in [0.5, 0.6) is 0 Å². The number of ether oxygens (including phenoxy) is 1. The molecule has 0 N–H and O–H groups in total. The Morgan fingerprint density at radius 3 is 2.42 bits per heavy atom. The van der Waals surface area contributed by atoms with Crippen molar-refractivity contribution in [2.75, 3.05) is 6.61 Å². The summed E-state index contributed by atoms with van der Waals surface area (Å²) in [7, 11) is 0. The Morgan fingerprint density at radius 2 is 1.89 bits per heavy atom. The summed E-state index contributed by atoms with van der Waals surface area (Å²) in [5, 5.41) is 0. The molecule has 0 atom stereocenters. The van der Waals surface area contributed by atoms with Gasteiger partial charge in [-0.1, -0.05) is 19.1 Å². The summed E-state index contributed by atoms with van der Waals surface area (Å²) in [6, 6.07) is 6.30. The van der Waals surface area contributed by atoms with Crippen molar-refractivity contribution in [3.63, 3.8) is 0 Å². The number of carbonyl (C=O) groups is 1. The van der Waals surface area contributed by atoms with Crippen LogP contribution in [-0.4, -0.2) is 12.6 Å². The molecule has 0 bridgehead atoms. The molecule has 104 valence electrons. The van der Waals surface area contributed by atoms with Crippen LogP contribution in [0.15, 0.2) is 24.3 Å². The maximum absolute atomic E-state index is 13.1. The van der Waals surface area contributed by atoms with Crippen LogP contribution in [0.3, 0.4) is 0 Å². The number of esters is 1. The van der Waals surface area contributed by atoms with Crippen LogP contribution in [0, 0.1) is 11.7 Å². The van der Waals surface area contributed by atoms with Gasteiger partial charge in [-0.05, 0) is 56.2 Å². The average molecular weight is 264 g/mol. The van der Waals surface area contributed by atoms with E-state index in [1.54, 1.807) is 12.1 Å². The molecular weight excluding hydrogens is 243 g/mol. The third kappa shape index (κ3) is 2.80. The Labute approximate surface area is 114 Å². The van der Waals surface area contributed by atoms with Crippen LogP contribution in [0.4, 0.5) is 4.39 Å². The molecule has 1 fully saturated rings. The first-order valence-corrected chi connectivity index (χ1v) is 7.02. The Balaban J connectivity index is 2.33. The van der Waals surface area contributed by atoms with E-state index in [1.165, 1.54) is 12.1 Å². The van der Waals surface area contributed by atoms with E-state index in [1.807, 2.05) is 6.92 Å². The molecule has 0 unspecified atom stereocenters. The largest absolute Gasteiger partial charge is 0.465 e. The topological polar surface area (TPSA) is 26.3 Å². The van der Waals surface area contributed by atoms with Gasteiger partial charge in [0.1, 0.15) is 5.82 Å². The highest BCUT2D eigenvalue weighted by Crippen LogP contribution is 2.42. The highest BCUT2D eigenvalue weighted by Gasteiger charge is 2.43. The first-order valence-electron chi connectivity index (χ1n) is 7.02. The summed E-state index contributed by atoms with van der Waals surface area (Å²) < 4.78 is 18.3. The Hall–Kier alpha value is -1.38. The fourth-order valence-electron chi connectivity index (χ4n) is 2.90. The van der Waals surface area contributed by atoms with Crippen LogP contribution >= 0.6 is 0 Å². The molecule has 3 heteroatoms. The van der Waals surface area contributed by atoms with Gasteiger partial charge in [-0.25, -0.2) is 4.39 Å². The Kier molecular flexibility index (Phi) is 4.23. The zero-order chi connectivity index (χ0) is 13.9. The second-order valence-electron chi connectivity index (χ2n) is 5.49. The molecule has 0 aliphatic heterocycles. The summed E-state index contributed by atoms with van der Waals surface area (Å²) in [5.74, 6) is 0.212. The SMILES string of the molecule is CCOC(=O)C1(c2ccc(F)cc2)CCC(C)CC1. The summed E-state index contributed by atoms with van der Waals surface area (Å²) >= 11 is 0. The monoisotopic (exact) mass is 264 g/mol. The highest BCUT2D eigenvalue weighted by molar-refractivity contribution is 5.83. The minimum absolute atomic E-state index is 0.159. The molecule has 19 heavy (non-hydrogen) atoms. The molecule has 1 aromatic carbocycles. The first kappa shape index (κ1) is 14.0. The minimum Gasteiger partial charge on any atom is -0.465 e. The van der Waals surface area contributed by atoms with Gasteiger partial charge in [-0.2, -0.15) is 0 Å². The van der Waals surface area contributed by atoms with Crippen molar-refractivity contribution in [3.05, 3.63) is 35.6 Å². The van der Waals surface area contributed by atoms with Crippen LogP contribution < -0.4 is 0 Å². The molecule has 1 aliphatic rings. The van der Waals surface area contributed by atoms with Crippen molar-refractivity contribution in [1.29, 1.82) is 0 Å². The molecule has 0 saturated heterocycles. The number of hydrogen-bond acceptors (Lipinski definition) is 2. The zero-order valence-electron chi connectivity index (χ0n) is 11.6. The van der Waals surface area contributed by atoms with Gasteiger partial charge in [0, 0.05) is 0 Å². The smallest absolute Gasteiger partial charge is 0.316 e. The van der Waals surface area contributed by atoms with Gasteiger partial charge < -0.3 is 4.74 Å². The van der Waals surface area contributed by atoms with Gasteiger partial charge in [-0.15, -0.1) is 0 Å². The molecule has 0 radical (unpaired) electrons. The maximum Gasteiger partial charge on any atom is 0.316 e. The molecular formula is C16H21FO2. The fourth-order valence-corrected chi connectivity index (χ4v) is 2.90. The first-order chi connectivity index (χ1) is 9.08. The third-order valence-corrected chi connectivity index (χ3v) is 4.19. The van der Waals surface area contributed by atoms with E-state index >= 15 is 0 Å². The molecule has 0 spiro atoms. The second kappa shape index (κ2) is 5.72. The van der Waals surface area contributed by atoms with Crippen LogP contribution in [0.1, 0.15) is 45.1 Å². The molecule has 0 aromatic heterocycles. The van der Waals surface area contributed by atoms with Gasteiger partial charge >= 0.3 is 5.97 Å². The van der Waals surface area contributed by atoms with Gasteiger partial charge in [-0.3, -0.25) is 4.79 Å². The quantitative estimate of drug-likeness (QED) is 0.775. The van der Waals surface area contributed by atoms with Crippen molar-refractivity contribution in [2.45, 2.75) is 44.9 Å². The molecule has 0 amide bonds. The Morgan fingerprint density at radius 1 is 1.32 bits per heavy atom. The number of hydrogen-bond donors (Lipinski definition) is 0. The van der Waals surface area contributed by atoms with Crippen molar-refractivity contribution in [3.8, 4) is 0 Å². The highest BCUT2D eigenvalue weighted by atomic mass is 19.1. The van der Waals surface area contributed by atoms with Crippen LogP contribution in [0.2, 0.25) is 0 Å². The van der Waals surface area contributed by atoms with E-state index in [2.05, 4.69) is 6.92 Å². The van der Waals surface area contributed by atoms with Gasteiger partial charge in [0.05, 0.1) is 12.0 Å². The number of halogens is 1. The molecule has 1 aliphatic carbocycles. The summed E-state index contributed by atoms with van der Waals surface area (Å²) in [4.78, 5) is 12.4. The van der Waals surface area contributed by atoms with E-state index in [9.17, 15) is 9.18 Å². The third-order valence-electron chi connectivity index (χ3n) is 4.19. The van der Waals surface area contributed by atoms with Gasteiger partial charge in [0.15, 0.2) is 0 Å². The van der Waals surface area contributed by atoms with E-state index in [0.717, 1.165) is 31.2 Å². The molecule has 2 rings (SSSR count). The maximum atomic E-state index is 13.1. The molecule has 2 nitrogen and oxygen atoms in total. The predicted molar refractivity (Wildman–Crippen MR) is 72.3 cm³/mol. The van der Waals surface area contributed by atoms with Crippen LogP contribution in [-0.2, 0) is 14.9 Å². The standard InChI is InChI=1S/C16H21FO2/c1-3-19-15(18)16(10-8-12(2)9-11-16)13-4-6-14(17)7-5-13/h4-7,12H,3,8-11H2,1-2H3. The van der Waals surface area contributed by atoms with Gasteiger partial charge in [0.25, 0.3) is 0 Å². The Bertz CT molecular complexity index is 431. The number of benzene rings is 1. The summed E-state index contributed by atoms with van der Waals surface area (Å²) in [5.41, 5.74) is 0.315. The van der Waals surface area contributed by atoms with Crippen molar-refractivity contribution in [2.24, 2.45) is 5.92 Å². The second-order valence-corrected chi connectivity index (χ2v) is 5.49.